The Morgan fingerprint density at radius 2 is 1.88 bits per heavy atom. The molecule has 0 aliphatic heterocycles. The highest BCUT2D eigenvalue weighted by molar-refractivity contribution is 5.72. The quantitative estimate of drug-likeness (QED) is 0.588. The van der Waals surface area contributed by atoms with Gasteiger partial charge in [-0.2, -0.15) is 0 Å². The molecule has 0 radical (unpaired) electrons. The van der Waals surface area contributed by atoms with Crippen molar-refractivity contribution in [1.29, 1.82) is 0 Å². The molecule has 0 spiro atoms. The molecular formula is C9H15NO6. The largest absolute Gasteiger partial charge is 0.481 e. The van der Waals surface area contributed by atoms with Crippen molar-refractivity contribution in [3.8, 4) is 0 Å². The fourth-order valence-corrected chi connectivity index (χ4v) is 1.07. The highest BCUT2D eigenvalue weighted by Gasteiger charge is 2.17. The molecular weight excluding hydrogens is 218 g/mol. The molecule has 1 atom stereocenters. The van der Waals surface area contributed by atoms with Crippen molar-refractivity contribution in [3.63, 3.8) is 0 Å². The summed E-state index contributed by atoms with van der Waals surface area (Å²) >= 11 is 0. The molecule has 0 aromatic carbocycles. The number of carboxylic acid groups (broad SMARTS) is 2. The molecule has 0 bridgehead atoms. The van der Waals surface area contributed by atoms with Gasteiger partial charge < -0.3 is 20.3 Å². The number of carbonyl (C=O) groups is 3. The van der Waals surface area contributed by atoms with Crippen LogP contribution in [0.2, 0.25) is 0 Å². The third kappa shape index (κ3) is 7.60. The molecule has 0 saturated carbocycles. The van der Waals surface area contributed by atoms with Crippen LogP contribution in [0.5, 0.6) is 0 Å². The van der Waals surface area contributed by atoms with E-state index in [0.717, 1.165) is 0 Å². The Balaban J connectivity index is 4.13. The summed E-state index contributed by atoms with van der Waals surface area (Å²) in [6, 6.07) is -0.729. The number of hydrogen-bond donors (Lipinski definition) is 3. The van der Waals surface area contributed by atoms with E-state index in [9.17, 15) is 14.4 Å². The standard InChI is InChI=1S/C9H15NO6/c1-2-16-9(15)10-6(5-8(13)14)3-4-7(11)12/h6H,2-5H2,1H3,(H,10,15)(H,11,12)(H,13,14). The SMILES string of the molecule is CCOC(=O)NC(CCC(=O)O)CC(=O)O. The van der Waals surface area contributed by atoms with E-state index in [1.807, 2.05) is 0 Å². The second-order valence-electron chi connectivity index (χ2n) is 3.09. The van der Waals surface area contributed by atoms with Crippen LogP contribution < -0.4 is 5.32 Å². The fraction of sp³-hybridized carbons (Fsp3) is 0.667. The molecule has 0 aromatic rings. The summed E-state index contributed by atoms with van der Waals surface area (Å²) in [4.78, 5) is 31.8. The Labute approximate surface area is 92.4 Å². The van der Waals surface area contributed by atoms with Gasteiger partial charge in [-0.1, -0.05) is 0 Å². The zero-order chi connectivity index (χ0) is 12.6. The van der Waals surface area contributed by atoms with Crippen LogP contribution in [0.1, 0.15) is 26.2 Å². The van der Waals surface area contributed by atoms with Crippen molar-refractivity contribution in [2.24, 2.45) is 0 Å². The predicted octanol–water partition coefficient (Wildman–Crippen LogP) is 0.441. The molecule has 1 unspecified atom stereocenters. The zero-order valence-electron chi connectivity index (χ0n) is 8.93. The molecule has 0 heterocycles. The molecule has 3 N–H and O–H groups in total. The minimum Gasteiger partial charge on any atom is -0.481 e. The number of nitrogens with one attached hydrogen (secondary N) is 1. The van der Waals surface area contributed by atoms with Gasteiger partial charge in [0.1, 0.15) is 0 Å². The van der Waals surface area contributed by atoms with Crippen LogP contribution in [-0.2, 0) is 14.3 Å². The van der Waals surface area contributed by atoms with Gasteiger partial charge in [0.15, 0.2) is 0 Å². The molecule has 0 aliphatic carbocycles. The maximum absolute atomic E-state index is 11.0. The number of rotatable bonds is 7. The first kappa shape index (κ1) is 14.2. The predicted molar refractivity (Wildman–Crippen MR) is 53.1 cm³/mol. The van der Waals surface area contributed by atoms with Crippen molar-refractivity contribution in [1.82, 2.24) is 5.32 Å². The van der Waals surface area contributed by atoms with E-state index in [-0.39, 0.29) is 25.9 Å². The van der Waals surface area contributed by atoms with Crippen molar-refractivity contribution in [2.45, 2.75) is 32.2 Å². The topological polar surface area (TPSA) is 113 Å². The molecule has 0 fully saturated rings. The fourth-order valence-electron chi connectivity index (χ4n) is 1.07. The average molecular weight is 233 g/mol. The first-order valence-corrected chi connectivity index (χ1v) is 4.82. The van der Waals surface area contributed by atoms with Gasteiger partial charge in [0.2, 0.25) is 0 Å². The Kier molecular flexibility index (Phi) is 6.66. The molecule has 7 nitrogen and oxygen atoms in total. The number of amides is 1. The lowest BCUT2D eigenvalue weighted by Gasteiger charge is -2.15. The zero-order valence-corrected chi connectivity index (χ0v) is 8.93. The summed E-state index contributed by atoms with van der Waals surface area (Å²) in [6.07, 6.45) is -1.21. The van der Waals surface area contributed by atoms with E-state index >= 15 is 0 Å². The number of ether oxygens (including phenoxy) is 1. The third-order valence-electron chi connectivity index (χ3n) is 1.73. The lowest BCUT2D eigenvalue weighted by atomic mass is 10.1. The minimum absolute atomic E-state index is 0.0560. The maximum atomic E-state index is 11.0. The van der Waals surface area contributed by atoms with Crippen LogP contribution in [0, 0.1) is 0 Å². The van der Waals surface area contributed by atoms with E-state index in [1.165, 1.54) is 0 Å². The number of hydrogen-bond acceptors (Lipinski definition) is 4. The molecule has 0 aromatic heterocycles. The van der Waals surface area contributed by atoms with Crippen LogP contribution >= 0.6 is 0 Å². The molecule has 1 amide bonds. The van der Waals surface area contributed by atoms with E-state index < -0.39 is 24.1 Å². The highest BCUT2D eigenvalue weighted by Crippen LogP contribution is 2.03. The smallest absolute Gasteiger partial charge is 0.407 e. The minimum atomic E-state index is -1.10. The van der Waals surface area contributed by atoms with Crippen molar-refractivity contribution in [2.75, 3.05) is 6.61 Å². The first-order valence-electron chi connectivity index (χ1n) is 4.82. The van der Waals surface area contributed by atoms with Gasteiger partial charge in [-0.05, 0) is 13.3 Å². The van der Waals surface area contributed by atoms with Crippen LogP contribution in [0.4, 0.5) is 4.79 Å². The Morgan fingerprint density at radius 1 is 1.25 bits per heavy atom. The second kappa shape index (κ2) is 7.49. The van der Waals surface area contributed by atoms with Gasteiger partial charge in [0, 0.05) is 12.5 Å². The van der Waals surface area contributed by atoms with Gasteiger partial charge in [-0.15, -0.1) is 0 Å². The Bertz CT molecular complexity index is 265. The average Bonchev–Trinajstić information content (AvgIpc) is 2.13. The lowest BCUT2D eigenvalue weighted by Crippen LogP contribution is -2.37. The number of alkyl carbamates (subject to hydrolysis) is 1. The Hall–Kier alpha value is -1.79. The van der Waals surface area contributed by atoms with Crippen molar-refractivity contribution >= 4 is 18.0 Å². The first-order chi connectivity index (χ1) is 7.45. The number of carboxylic acids is 2. The maximum Gasteiger partial charge on any atom is 0.407 e. The van der Waals surface area contributed by atoms with Crippen LogP contribution in [0.3, 0.4) is 0 Å². The summed E-state index contributed by atoms with van der Waals surface area (Å²) in [5.74, 6) is -2.15. The molecule has 16 heavy (non-hydrogen) atoms. The summed E-state index contributed by atoms with van der Waals surface area (Å²) in [5.41, 5.74) is 0. The molecule has 0 saturated heterocycles. The highest BCUT2D eigenvalue weighted by atomic mass is 16.5. The summed E-state index contributed by atoms with van der Waals surface area (Å²) < 4.78 is 4.57. The van der Waals surface area contributed by atoms with Gasteiger partial charge in [0.05, 0.1) is 13.0 Å². The lowest BCUT2D eigenvalue weighted by molar-refractivity contribution is -0.139. The van der Waals surface area contributed by atoms with Gasteiger partial charge in [0.25, 0.3) is 0 Å². The second-order valence-corrected chi connectivity index (χ2v) is 3.09. The van der Waals surface area contributed by atoms with E-state index in [2.05, 4.69) is 10.1 Å². The van der Waals surface area contributed by atoms with Crippen LogP contribution in [-0.4, -0.2) is 40.9 Å². The van der Waals surface area contributed by atoms with Crippen molar-refractivity contribution < 1.29 is 29.3 Å². The third-order valence-corrected chi connectivity index (χ3v) is 1.73. The van der Waals surface area contributed by atoms with E-state index in [0.29, 0.717) is 0 Å². The van der Waals surface area contributed by atoms with E-state index in [1.54, 1.807) is 6.92 Å². The van der Waals surface area contributed by atoms with Crippen molar-refractivity contribution in [3.05, 3.63) is 0 Å². The number of carbonyl (C=O) groups excluding carboxylic acids is 1. The Morgan fingerprint density at radius 3 is 2.31 bits per heavy atom. The molecule has 0 aliphatic rings. The van der Waals surface area contributed by atoms with Crippen LogP contribution in [0.25, 0.3) is 0 Å². The molecule has 0 rings (SSSR count). The normalized spacial score (nSPS) is 11.6. The van der Waals surface area contributed by atoms with Crippen LogP contribution in [0.15, 0.2) is 0 Å². The number of aliphatic carboxylic acids is 2. The summed E-state index contributed by atoms with van der Waals surface area (Å²) in [7, 11) is 0. The van der Waals surface area contributed by atoms with Gasteiger partial charge in [-0.25, -0.2) is 4.79 Å². The van der Waals surface area contributed by atoms with Gasteiger partial charge in [-0.3, -0.25) is 9.59 Å². The molecule has 7 heteroatoms. The summed E-state index contributed by atoms with van der Waals surface area (Å²) in [5, 5.41) is 19.3. The van der Waals surface area contributed by atoms with Gasteiger partial charge >= 0.3 is 18.0 Å². The molecule has 92 valence electrons. The monoisotopic (exact) mass is 233 g/mol. The summed E-state index contributed by atoms with van der Waals surface area (Å²) in [6.45, 7) is 1.79. The van der Waals surface area contributed by atoms with E-state index in [4.69, 9.17) is 10.2 Å².